The Labute approximate surface area is 177 Å². The second-order valence-corrected chi connectivity index (χ2v) is 8.56. The van der Waals surface area contributed by atoms with E-state index in [1.165, 1.54) is 12.4 Å². The largest absolute Gasteiger partial charge is 0.369 e. The molecule has 2 aliphatic rings. The number of unbranched alkanes of at least 4 members (excludes halogenated alkanes) is 1. The van der Waals surface area contributed by atoms with Gasteiger partial charge in [0.25, 0.3) is 0 Å². The zero-order valence-electron chi connectivity index (χ0n) is 17.7. The van der Waals surface area contributed by atoms with Gasteiger partial charge in [0.15, 0.2) is 5.82 Å². The zero-order chi connectivity index (χ0) is 21.5. The highest BCUT2D eigenvalue weighted by molar-refractivity contribution is 5.87. The van der Waals surface area contributed by atoms with Crippen LogP contribution in [0.1, 0.15) is 39.0 Å². The van der Waals surface area contributed by atoms with Crippen molar-refractivity contribution in [3.63, 3.8) is 0 Å². The van der Waals surface area contributed by atoms with Crippen LogP contribution in [0.4, 0.5) is 10.3 Å². The Hall–Kier alpha value is -2.29. The van der Waals surface area contributed by atoms with Gasteiger partial charge in [0.2, 0.25) is 17.8 Å². The molecule has 3 atom stereocenters. The summed E-state index contributed by atoms with van der Waals surface area (Å²) in [5, 5.41) is 3.00. The number of anilines is 1. The van der Waals surface area contributed by atoms with E-state index in [0.717, 1.165) is 58.4 Å². The second kappa shape index (κ2) is 10.7. The Bertz CT molecular complexity index is 708. The lowest BCUT2D eigenvalue weighted by Gasteiger charge is -2.34. The van der Waals surface area contributed by atoms with Crippen molar-refractivity contribution in [1.29, 1.82) is 0 Å². The van der Waals surface area contributed by atoms with Crippen LogP contribution in [0.2, 0.25) is 0 Å². The van der Waals surface area contributed by atoms with E-state index in [1.807, 2.05) is 0 Å². The third-order valence-electron chi connectivity index (χ3n) is 6.28. The number of nitrogens with two attached hydrogens (primary N) is 1. The molecule has 3 unspecified atom stereocenters. The first-order chi connectivity index (χ1) is 14.4. The Morgan fingerprint density at radius 1 is 1.13 bits per heavy atom. The van der Waals surface area contributed by atoms with E-state index in [9.17, 15) is 14.0 Å². The van der Waals surface area contributed by atoms with E-state index in [2.05, 4.69) is 32.0 Å². The van der Waals surface area contributed by atoms with Crippen LogP contribution < -0.4 is 16.0 Å². The summed E-state index contributed by atoms with van der Waals surface area (Å²) in [6.07, 6.45) is 6.71. The van der Waals surface area contributed by atoms with Crippen molar-refractivity contribution in [2.45, 2.75) is 39.0 Å². The van der Waals surface area contributed by atoms with Gasteiger partial charge in [-0.1, -0.05) is 6.92 Å². The molecule has 1 aliphatic heterocycles. The van der Waals surface area contributed by atoms with Gasteiger partial charge in [-0.3, -0.25) is 14.5 Å². The Morgan fingerprint density at radius 2 is 1.83 bits per heavy atom. The van der Waals surface area contributed by atoms with Crippen LogP contribution >= 0.6 is 0 Å². The number of rotatable bonds is 8. The summed E-state index contributed by atoms with van der Waals surface area (Å²) in [6, 6.07) is 0. The Kier molecular flexibility index (Phi) is 7.95. The third kappa shape index (κ3) is 6.10. The van der Waals surface area contributed by atoms with Gasteiger partial charge >= 0.3 is 0 Å². The van der Waals surface area contributed by atoms with Gasteiger partial charge < -0.3 is 16.0 Å². The van der Waals surface area contributed by atoms with E-state index in [1.54, 1.807) is 0 Å². The summed E-state index contributed by atoms with van der Waals surface area (Å²) in [7, 11) is 0. The average molecular weight is 421 g/mol. The lowest BCUT2D eigenvalue weighted by molar-refractivity contribution is -0.135. The SMILES string of the molecule is CC1CCC(C(=O)NCCCCN2CCN(c3ncc(F)cn3)CC2)C(C(N)=O)C1. The van der Waals surface area contributed by atoms with Gasteiger partial charge in [0, 0.05) is 44.6 Å². The molecular weight excluding hydrogens is 387 g/mol. The van der Waals surface area contributed by atoms with E-state index in [-0.39, 0.29) is 23.7 Å². The lowest BCUT2D eigenvalue weighted by atomic mass is 9.74. The maximum absolute atomic E-state index is 12.9. The molecule has 1 saturated carbocycles. The molecule has 30 heavy (non-hydrogen) atoms. The molecular formula is C21H33FN6O2. The van der Waals surface area contributed by atoms with Gasteiger partial charge in [-0.15, -0.1) is 0 Å². The second-order valence-electron chi connectivity index (χ2n) is 8.56. The first kappa shape index (κ1) is 22.4. The fourth-order valence-corrected chi connectivity index (χ4v) is 4.45. The smallest absolute Gasteiger partial charge is 0.225 e. The van der Waals surface area contributed by atoms with Crippen molar-refractivity contribution in [2.24, 2.45) is 23.5 Å². The molecule has 1 saturated heterocycles. The zero-order valence-corrected chi connectivity index (χ0v) is 17.7. The Balaban J connectivity index is 1.30. The van der Waals surface area contributed by atoms with Gasteiger partial charge in [-0.25, -0.2) is 14.4 Å². The predicted molar refractivity (Wildman–Crippen MR) is 112 cm³/mol. The fraction of sp³-hybridized carbons (Fsp3) is 0.714. The van der Waals surface area contributed by atoms with Crippen LogP contribution in [0.15, 0.2) is 12.4 Å². The summed E-state index contributed by atoms with van der Waals surface area (Å²) in [6.45, 7) is 7.16. The molecule has 2 fully saturated rings. The van der Waals surface area contributed by atoms with Crippen LogP contribution in [0.25, 0.3) is 0 Å². The molecule has 166 valence electrons. The molecule has 0 radical (unpaired) electrons. The maximum Gasteiger partial charge on any atom is 0.225 e. The standard InChI is InChI=1S/C21H33FN6O2/c1-15-4-5-17(18(12-15)19(23)29)20(30)24-6-2-3-7-27-8-10-28(11-9-27)21-25-13-16(22)14-26-21/h13-15,17-18H,2-12H2,1H3,(H2,23,29)(H,24,30). The molecule has 2 amide bonds. The quantitative estimate of drug-likeness (QED) is 0.612. The number of carbonyl (C=O) groups is 2. The lowest BCUT2D eigenvalue weighted by Crippen LogP contribution is -2.47. The normalized spacial score (nSPS) is 25.1. The van der Waals surface area contributed by atoms with Crippen molar-refractivity contribution in [3.05, 3.63) is 18.2 Å². The number of hydrogen-bond donors (Lipinski definition) is 2. The minimum atomic E-state index is -0.423. The summed E-state index contributed by atoms with van der Waals surface area (Å²) < 4.78 is 12.9. The van der Waals surface area contributed by atoms with Crippen LogP contribution in [0.5, 0.6) is 0 Å². The first-order valence-corrected chi connectivity index (χ1v) is 11.0. The van der Waals surface area contributed by atoms with Crippen LogP contribution in [-0.2, 0) is 9.59 Å². The van der Waals surface area contributed by atoms with Crippen molar-refractivity contribution in [1.82, 2.24) is 20.2 Å². The Morgan fingerprint density at radius 3 is 2.50 bits per heavy atom. The average Bonchev–Trinajstić information content (AvgIpc) is 2.74. The third-order valence-corrected chi connectivity index (χ3v) is 6.28. The summed E-state index contributed by atoms with van der Waals surface area (Å²) in [4.78, 5) is 36.7. The summed E-state index contributed by atoms with van der Waals surface area (Å²) in [5.41, 5.74) is 5.52. The summed E-state index contributed by atoms with van der Waals surface area (Å²) in [5.74, 6) is -0.402. The van der Waals surface area contributed by atoms with Crippen LogP contribution in [0.3, 0.4) is 0 Å². The van der Waals surface area contributed by atoms with E-state index >= 15 is 0 Å². The number of piperazine rings is 1. The first-order valence-electron chi connectivity index (χ1n) is 11.0. The number of primary amides is 1. The van der Waals surface area contributed by atoms with Gasteiger partial charge in [-0.2, -0.15) is 0 Å². The van der Waals surface area contributed by atoms with Crippen molar-refractivity contribution < 1.29 is 14.0 Å². The van der Waals surface area contributed by atoms with Crippen molar-refractivity contribution in [3.8, 4) is 0 Å². The number of halogens is 1. The highest BCUT2D eigenvalue weighted by Gasteiger charge is 2.36. The number of aromatic nitrogens is 2. The fourth-order valence-electron chi connectivity index (χ4n) is 4.45. The van der Waals surface area contributed by atoms with E-state index in [0.29, 0.717) is 24.8 Å². The number of hydrogen-bond acceptors (Lipinski definition) is 6. The van der Waals surface area contributed by atoms with Crippen molar-refractivity contribution >= 4 is 17.8 Å². The molecule has 8 nitrogen and oxygen atoms in total. The van der Waals surface area contributed by atoms with Gasteiger partial charge in [-0.05, 0) is 44.6 Å². The molecule has 1 aliphatic carbocycles. The highest BCUT2D eigenvalue weighted by Crippen LogP contribution is 2.33. The number of carbonyl (C=O) groups excluding carboxylic acids is 2. The van der Waals surface area contributed by atoms with Gasteiger partial charge in [0.1, 0.15) is 0 Å². The summed E-state index contributed by atoms with van der Waals surface area (Å²) >= 11 is 0. The minimum Gasteiger partial charge on any atom is -0.369 e. The molecule has 0 bridgehead atoms. The van der Waals surface area contributed by atoms with E-state index < -0.39 is 5.82 Å². The monoisotopic (exact) mass is 420 g/mol. The van der Waals surface area contributed by atoms with Crippen LogP contribution in [0, 0.1) is 23.6 Å². The number of nitrogens with one attached hydrogen (secondary N) is 1. The van der Waals surface area contributed by atoms with Crippen molar-refractivity contribution in [2.75, 3.05) is 44.2 Å². The maximum atomic E-state index is 12.9. The molecule has 3 N–H and O–H groups in total. The molecule has 3 rings (SSSR count). The predicted octanol–water partition coefficient (Wildman–Crippen LogP) is 1.17. The molecule has 0 spiro atoms. The molecule has 1 aromatic heterocycles. The number of nitrogens with zero attached hydrogens (tertiary/aromatic N) is 4. The van der Waals surface area contributed by atoms with E-state index in [4.69, 9.17) is 5.73 Å². The van der Waals surface area contributed by atoms with Gasteiger partial charge in [0.05, 0.1) is 12.4 Å². The molecule has 2 heterocycles. The number of amides is 2. The molecule has 0 aromatic carbocycles. The molecule has 9 heteroatoms. The molecule has 1 aromatic rings. The highest BCUT2D eigenvalue weighted by atomic mass is 19.1. The van der Waals surface area contributed by atoms with Crippen LogP contribution in [-0.4, -0.2) is 66.0 Å². The topological polar surface area (TPSA) is 104 Å². The minimum absolute atomic E-state index is 0.0291.